The zero-order valence-electron chi connectivity index (χ0n) is 7.44. The lowest BCUT2D eigenvalue weighted by atomic mass is 10.1. The van der Waals surface area contributed by atoms with Gasteiger partial charge in [0.1, 0.15) is 5.82 Å². The molecular weight excluding hydrogens is 199 g/mol. The Morgan fingerprint density at radius 3 is 3.07 bits per heavy atom. The van der Waals surface area contributed by atoms with Crippen molar-refractivity contribution in [2.75, 3.05) is 0 Å². The first-order valence-corrected chi connectivity index (χ1v) is 4.08. The van der Waals surface area contributed by atoms with Crippen molar-refractivity contribution in [3.63, 3.8) is 0 Å². The maximum atomic E-state index is 12.9. The first-order chi connectivity index (χ1) is 7.22. The molecule has 0 aliphatic rings. The van der Waals surface area contributed by atoms with Gasteiger partial charge in [-0.1, -0.05) is 0 Å². The van der Waals surface area contributed by atoms with Gasteiger partial charge in [0.25, 0.3) is 5.91 Å². The number of benzene rings is 1. The van der Waals surface area contributed by atoms with Crippen LogP contribution in [0.15, 0.2) is 29.5 Å². The first-order valence-electron chi connectivity index (χ1n) is 4.08. The largest absolute Gasteiger partial charge is 0.360 e. The van der Waals surface area contributed by atoms with Gasteiger partial charge in [-0.05, 0) is 28.8 Å². The van der Waals surface area contributed by atoms with Gasteiger partial charge in [-0.15, -0.1) is 0 Å². The molecule has 5 nitrogen and oxygen atoms in total. The van der Waals surface area contributed by atoms with Crippen LogP contribution >= 0.6 is 0 Å². The number of fused-ring (bicyclic) bond motifs is 1. The molecule has 15 heavy (non-hydrogen) atoms. The van der Waals surface area contributed by atoms with Gasteiger partial charge in [0.05, 0.1) is 0 Å². The van der Waals surface area contributed by atoms with Gasteiger partial charge in [-0.3, -0.25) is 4.79 Å². The number of azide groups is 1. The number of carbonyl (C=O) groups excluding carboxylic acids is 1. The molecule has 0 atom stereocenters. The lowest BCUT2D eigenvalue weighted by molar-refractivity contribution is 0.100. The van der Waals surface area contributed by atoms with Gasteiger partial charge in [-0.25, -0.2) is 4.39 Å². The van der Waals surface area contributed by atoms with Crippen LogP contribution in [-0.2, 0) is 0 Å². The summed E-state index contributed by atoms with van der Waals surface area (Å²) in [6.07, 6.45) is 1.39. The molecule has 0 bridgehead atoms. The van der Waals surface area contributed by atoms with Crippen molar-refractivity contribution in [3.8, 4) is 0 Å². The molecule has 0 fully saturated rings. The van der Waals surface area contributed by atoms with E-state index in [1.54, 1.807) is 0 Å². The summed E-state index contributed by atoms with van der Waals surface area (Å²) in [4.78, 5) is 16.4. The van der Waals surface area contributed by atoms with E-state index >= 15 is 0 Å². The van der Waals surface area contributed by atoms with Gasteiger partial charge in [-0.2, -0.15) is 0 Å². The highest BCUT2D eigenvalue weighted by atomic mass is 19.1. The number of aromatic nitrogens is 1. The number of nitrogens with zero attached hydrogens (tertiary/aromatic N) is 3. The molecule has 1 N–H and O–H groups in total. The predicted octanol–water partition coefficient (Wildman–Crippen LogP) is 2.76. The van der Waals surface area contributed by atoms with Crippen LogP contribution in [-0.4, -0.2) is 10.9 Å². The van der Waals surface area contributed by atoms with E-state index in [0.717, 1.165) is 0 Å². The second-order valence-electron chi connectivity index (χ2n) is 2.89. The minimum absolute atomic E-state index is 0.169. The van der Waals surface area contributed by atoms with Crippen LogP contribution in [0.5, 0.6) is 0 Å². The summed E-state index contributed by atoms with van der Waals surface area (Å²) in [5.41, 5.74) is 8.90. The average Bonchev–Trinajstić information content (AvgIpc) is 2.60. The standard InChI is InChI=1S/C9H5FN4O/c10-5-1-2-8-6(3-5)7(4-12-8)9(15)13-14-11/h1-4,12H. The lowest BCUT2D eigenvalue weighted by Crippen LogP contribution is -1.90. The van der Waals surface area contributed by atoms with Gasteiger partial charge in [0.2, 0.25) is 0 Å². The fourth-order valence-corrected chi connectivity index (χ4v) is 1.36. The predicted molar refractivity (Wildman–Crippen MR) is 51.7 cm³/mol. The first kappa shape index (κ1) is 9.23. The molecule has 0 radical (unpaired) electrons. The van der Waals surface area contributed by atoms with Crippen molar-refractivity contribution in [3.05, 3.63) is 46.2 Å². The molecule has 1 heterocycles. The van der Waals surface area contributed by atoms with Crippen molar-refractivity contribution in [2.24, 2.45) is 5.11 Å². The van der Waals surface area contributed by atoms with E-state index in [1.807, 2.05) is 0 Å². The van der Waals surface area contributed by atoms with E-state index < -0.39 is 11.7 Å². The Bertz CT molecular complexity index is 583. The third-order valence-electron chi connectivity index (χ3n) is 2.01. The minimum atomic E-state index is -0.727. The van der Waals surface area contributed by atoms with Gasteiger partial charge in [0, 0.05) is 27.6 Å². The number of carbonyl (C=O) groups is 1. The molecule has 0 aliphatic carbocycles. The Labute approximate surface area is 83.1 Å². The third kappa shape index (κ3) is 1.53. The van der Waals surface area contributed by atoms with Gasteiger partial charge < -0.3 is 4.98 Å². The molecule has 1 aromatic heterocycles. The SMILES string of the molecule is [N-]=[N+]=NC(=O)c1c[nH]c2ccc(F)cc12. The van der Waals surface area contributed by atoms with Crippen molar-refractivity contribution in [2.45, 2.75) is 0 Å². The molecule has 0 spiro atoms. The van der Waals surface area contributed by atoms with E-state index in [0.29, 0.717) is 10.9 Å². The molecule has 74 valence electrons. The summed E-state index contributed by atoms with van der Waals surface area (Å²) in [5.74, 6) is -1.17. The molecule has 2 aromatic rings. The highest BCUT2D eigenvalue weighted by molar-refractivity contribution is 6.07. The number of hydrogen-bond donors (Lipinski definition) is 1. The van der Waals surface area contributed by atoms with Crippen molar-refractivity contribution >= 4 is 16.8 Å². The Morgan fingerprint density at radius 2 is 2.33 bits per heavy atom. The minimum Gasteiger partial charge on any atom is -0.360 e. The van der Waals surface area contributed by atoms with Crippen LogP contribution in [0.3, 0.4) is 0 Å². The number of H-pyrrole nitrogens is 1. The fourth-order valence-electron chi connectivity index (χ4n) is 1.36. The zero-order chi connectivity index (χ0) is 10.8. The van der Waals surface area contributed by atoms with Crippen LogP contribution in [0.1, 0.15) is 10.4 Å². The van der Waals surface area contributed by atoms with Crippen LogP contribution < -0.4 is 0 Å². The maximum absolute atomic E-state index is 12.9. The fraction of sp³-hybridized carbons (Fsp3) is 0. The zero-order valence-corrected chi connectivity index (χ0v) is 7.44. The second-order valence-corrected chi connectivity index (χ2v) is 2.89. The molecular formula is C9H5FN4O. The van der Waals surface area contributed by atoms with Crippen molar-refractivity contribution in [1.82, 2.24) is 4.98 Å². The van der Waals surface area contributed by atoms with E-state index in [4.69, 9.17) is 5.53 Å². The van der Waals surface area contributed by atoms with Gasteiger partial charge >= 0.3 is 0 Å². The van der Waals surface area contributed by atoms with Gasteiger partial charge in [0.15, 0.2) is 0 Å². The van der Waals surface area contributed by atoms with Crippen LogP contribution in [0.4, 0.5) is 4.39 Å². The number of rotatable bonds is 1. The Balaban J connectivity index is 2.66. The Morgan fingerprint density at radius 1 is 1.53 bits per heavy atom. The van der Waals surface area contributed by atoms with E-state index in [2.05, 4.69) is 15.0 Å². The molecule has 1 aromatic carbocycles. The normalized spacial score (nSPS) is 9.93. The highest BCUT2D eigenvalue weighted by Crippen LogP contribution is 2.20. The number of halogens is 1. The van der Waals surface area contributed by atoms with E-state index in [-0.39, 0.29) is 5.56 Å². The smallest absolute Gasteiger partial charge is 0.251 e. The summed E-state index contributed by atoms with van der Waals surface area (Å²) < 4.78 is 12.9. The molecule has 0 saturated heterocycles. The van der Waals surface area contributed by atoms with Crippen molar-refractivity contribution < 1.29 is 9.18 Å². The monoisotopic (exact) mass is 204 g/mol. The Hall–Kier alpha value is -2.33. The number of nitrogens with one attached hydrogen (secondary N) is 1. The second kappa shape index (κ2) is 3.43. The topological polar surface area (TPSA) is 81.6 Å². The van der Waals surface area contributed by atoms with E-state index in [1.165, 1.54) is 24.4 Å². The summed E-state index contributed by atoms with van der Waals surface area (Å²) in [7, 11) is 0. The summed E-state index contributed by atoms with van der Waals surface area (Å²) in [6.45, 7) is 0. The summed E-state index contributed by atoms with van der Waals surface area (Å²) in [5, 5.41) is 3.36. The molecule has 6 heteroatoms. The number of aromatic amines is 1. The molecule has 0 unspecified atom stereocenters. The van der Waals surface area contributed by atoms with Crippen LogP contribution in [0, 0.1) is 5.82 Å². The lowest BCUT2D eigenvalue weighted by Gasteiger charge is -1.92. The number of amides is 1. The Kier molecular flexibility index (Phi) is 2.11. The summed E-state index contributed by atoms with van der Waals surface area (Å²) >= 11 is 0. The summed E-state index contributed by atoms with van der Waals surface area (Å²) in [6, 6.07) is 4.00. The van der Waals surface area contributed by atoms with Crippen LogP contribution in [0.25, 0.3) is 21.3 Å². The van der Waals surface area contributed by atoms with E-state index in [9.17, 15) is 9.18 Å². The van der Waals surface area contributed by atoms with Crippen molar-refractivity contribution in [1.29, 1.82) is 0 Å². The maximum Gasteiger partial charge on any atom is 0.251 e. The molecule has 0 saturated carbocycles. The third-order valence-corrected chi connectivity index (χ3v) is 2.01. The molecule has 1 amide bonds. The molecule has 2 rings (SSSR count). The average molecular weight is 204 g/mol. The highest BCUT2D eigenvalue weighted by Gasteiger charge is 2.10. The number of hydrogen-bond acceptors (Lipinski definition) is 1. The molecule has 0 aliphatic heterocycles. The quantitative estimate of drug-likeness (QED) is 0.432. The van der Waals surface area contributed by atoms with Crippen LogP contribution in [0.2, 0.25) is 0 Å².